The summed E-state index contributed by atoms with van der Waals surface area (Å²) in [6.07, 6.45) is 2.26. The first kappa shape index (κ1) is 14.3. The van der Waals surface area contributed by atoms with Gasteiger partial charge >= 0.3 is 0 Å². The van der Waals surface area contributed by atoms with E-state index in [0.29, 0.717) is 23.8 Å². The molecule has 0 aliphatic heterocycles. The van der Waals surface area contributed by atoms with Crippen molar-refractivity contribution in [1.82, 2.24) is 15.3 Å². The number of benzene rings is 1. The van der Waals surface area contributed by atoms with Crippen molar-refractivity contribution in [3.05, 3.63) is 50.4 Å². The molecule has 0 amide bonds. The highest BCUT2D eigenvalue weighted by Gasteiger charge is 2.20. The largest absolute Gasteiger partial charge is 0.308 e. The average Bonchev–Trinajstić information content (AvgIpc) is 3.26. The third-order valence-electron chi connectivity index (χ3n) is 3.23. The Morgan fingerprint density at radius 3 is 2.86 bits per heavy atom. The Morgan fingerprint density at radius 2 is 2.14 bits per heavy atom. The zero-order chi connectivity index (χ0) is 15.0. The fraction of sp³-hybridized carbons (Fsp3) is 0.286. The highest BCUT2D eigenvalue weighted by molar-refractivity contribution is 9.10. The second-order valence-corrected chi connectivity index (χ2v) is 5.76. The van der Waals surface area contributed by atoms with E-state index in [1.807, 2.05) is 0 Å². The number of hydrogen-bond acceptors (Lipinski definition) is 3. The topological polar surface area (TPSA) is 57.8 Å². The van der Waals surface area contributed by atoms with Crippen molar-refractivity contribution in [3.63, 3.8) is 0 Å². The van der Waals surface area contributed by atoms with Gasteiger partial charge in [0, 0.05) is 24.2 Å². The number of nitrogens with one attached hydrogen (secondary N) is 2. The van der Waals surface area contributed by atoms with E-state index in [1.165, 1.54) is 12.1 Å². The number of rotatable bonds is 4. The van der Waals surface area contributed by atoms with Crippen molar-refractivity contribution in [3.8, 4) is 11.4 Å². The summed E-state index contributed by atoms with van der Waals surface area (Å²) >= 11 is 3.00. The first-order valence-electron chi connectivity index (χ1n) is 6.52. The summed E-state index contributed by atoms with van der Waals surface area (Å²) in [6, 6.07) is 4.26. The van der Waals surface area contributed by atoms with Gasteiger partial charge in [-0.15, -0.1) is 0 Å². The molecule has 1 fully saturated rings. The van der Waals surface area contributed by atoms with E-state index < -0.39 is 11.6 Å². The average molecular weight is 356 g/mol. The SMILES string of the molecule is O=c1cc(CNC2CC2)nc(-c2ccc(F)c(F)c2Br)[nH]1. The lowest BCUT2D eigenvalue weighted by atomic mass is 10.2. The Kier molecular flexibility index (Phi) is 3.86. The molecule has 110 valence electrons. The van der Waals surface area contributed by atoms with E-state index in [4.69, 9.17) is 0 Å². The molecule has 0 spiro atoms. The molecule has 2 N–H and O–H groups in total. The summed E-state index contributed by atoms with van der Waals surface area (Å²) in [7, 11) is 0. The quantitative estimate of drug-likeness (QED) is 0.829. The van der Waals surface area contributed by atoms with Crippen LogP contribution in [0.2, 0.25) is 0 Å². The molecule has 1 aromatic heterocycles. The zero-order valence-corrected chi connectivity index (χ0v) is 12.5. The van der Waals surface area contributed by atoms with Crippen LogP contribution in [-0.4, -0.2) is 16.0 Å². The van der Waals surface area contributed by atoms with Crippen LogP contribution < -0.4 is 10.9 Å². The second-order valence-electron chi connectivity index (χ2n) is 4.96. The van der Waals surface area contributed by atoms with Gasteiger partial charge in [-0.1, -0.05) is 0 Å². The van der Waals surface area contributed by atoms with Crippen molar-refractivity contribution >= 4 is 15.9 Å². The lowest BCUT2D eigenvalue weighted by molar-refractivity contribution is 0.504. The Morgan fingerprint density at radius 1 is 1.38 bits per heavy atom. The molecule has 2 aromatic rings. The lowest BCUT2D eigenvalue weighted by Gasteiger charge is -2.08. The van der Waals surface area contributed by atoms with Crippen LogP contribution in [0.15, 0.2) is 27.5 Å². The van der Waals surface area contributed by atoms with Gasteiger partial charge in [0.1, 0.15) is 5.82 Å². The first-order valence-corrected chi connectivity index (χ1v) is 7.31. The molecule has 3 rings (SSSR count). The predicted octanol–water partition coefficient (Wildman–Crippen LogP) is 2.73. The smallest absolute Gasteiger partial charge is 0.251 e. The molecule has 1 aliphatic carbocycles. The number of H-pyrrole nitrogens is 1. The maximum Gasteiger partial charge on any atom is 0.251 e. The third-order valence-corrected chi connectivity index (χ3v) is 4.01. The van der Waals surface area contributed by atoms with Crippen LogP contribution >= 0.6 is 15.9 Å². The minimum absolute atomic E-state index is 0.0575. The van der Waals surface area contributed by atoms with Gasteiger partial charge in [-0.05, 0) is 40.9 Å². The molecule has 1 saturated carbocycles. The van der Waals surface area contributed by atoms with E-state index in [1.54, 1.807) is 0 Å². The molecule has 0 bridgehead atoms. The van der Waals surface area contributed by atoms with Gasteiger partial charge in [-0.2, -0.15) is 0 Å². The van der Waals surface area contributed by atoms with Crippen molar-refractivity contribution in [2.24, 2.45) is 0 Å². The summed E-state index contributed by atoms with van der Waals surface area (Å²) < 4.78 is 26.7. The zero-order valence-electron chi connectivity index (χ0n) is 10.9. The molecule has 0 saturated heterocycles. The molecule has 1 aliphatic rings. The number of hydrogen-bond donors (Lipinski definition) is 2. The summed E-state index contributed by atoms with van der Waals surface area (Å²) in [5.74, 6) is -1.75. The molecule has 1 heterocycles. The van der Waals surface area contributed by atoms with Gasteiger partial charge in [0.05, 0.1) is 10.2 Å². The number of nitrogens with zero attached hydrogens (tertiary/aromatic N) is 1. The van der Waals surface area contributed by atoms with Gasteiger partial charge in [-0.3, -0.25) is 4.79 Å². The van der Waals surface area contributed by atoms with Crippen molar-refractivity contribution in [2.45, 2.75) is 25.4 Å². The van der Waals surface area contributed by atoms with Crippen LogP contribution in [0.4, 0.5) is 8.78 Å². The molecule has 0 radical (unpaired) electrons. The van der Waals surface area contributed by atoms with E-state index >= 15 is 0 Å². The van der Waals surface area contributed by atoms with Crippen LogP contribution in [0.5, 0.6) is 0 Å². The van der Waals surface area contributed by atoms with Crippen LogP contribution in [0.25, 0.3) is 11.4 Å². The molecule has 7 heteroatoms. The molecular weight excluding hydrogens is 344 g/mol. The van der Waals surface area contributed by atoms with Gasteiger partial charge < -0.3 is 10.3 Å². The molecular formula is C14H12BrF2N3O. The highest BCUT2D eigenvalue weighted by atomic mass is 79.9. The number of aromatic amines is 1. The lowest BCUT2D eigenvalue weighted by Crippen LogP contribution is -2.19. The van der Waals surface area contributed by atoms with E-state index in [0.717, 1.165) is 18.9 Å². The highest BCUT2D eigenvalue weighted by Crippen LogP contribution is 2.29. The van der Waals surface area contributed by atoms with Gasteiger partial charge in [-0.25, -0.2) is 13.8 Å². The van der Waals surface area contributed by atoms with Crippen LogP contribution in [-0.2, 0) is 6.54 Å². The Bertz CT molecular complexity index is 743. The number of aromatic nitrogens is 2. The Balaban J connectivity index is 1.97. The second kappa shape index (κ2) is 5.65. The monoisotopic (exact) mass is 355 g/mol. The van der Waals surface area contributed by atoms with Gasteiger partial charge in [0.2, 0.25) is 0 Å². The number of halogens is 3. The summed E-state index contributed by atoms with van der Waals surface area (Å²) in [5, 5.41) is 3.25. The van der Waals surface area contributed by atoms with Gasteiger partial charge in [0.25, 0.3) is 5.56 Å². The van der Waals surface area contributed by atoms with E-state index in [-0.39, 0.29) is 15.9 Å². The first-order chi connectivity index (χ1) is 10.0. The maximum absolute atomic E-state index is 13.6. The minimum Gasteiger partial charge on any atom is -0.308 e. The predicted molar refractivity (Wildman–Crippen MR) is 77.8 cm³/mol. The summed E-state index contributed by atoms with van der Waals surface area (Å²) in [6.45, 7) is 0.475. The van der Waals surface area contributed by atoms with Crippen LogP contribution in [0.1, 0.15) is 18.5 Å². The van der Waals surface area contributed by atoms with Crippen LogP contribution in [0, 0.1) is 11.6 Å². The standard InChI is InChI=1S/C14H12BrF2N3O/c15-12-9(3-4-10(16)13(12)17)14-19-8(5-11(21)20-14)6-18-7-1-2-7/h3-5,7,18H,1-2,6H2,(H,19,20,21). The molecule has 1 aromatic carbocycles. The third kappa shape index (κ3) is 3.19. The van der Waals surface area contributed by atoms with Crippen molar-refractivity contribution in [2.75, 3.05) is 0 Å². The molecule has 0 unspecified atom stereocenters. The molecule has 21 heavy (non-hydrogen) atoms. The van der Waals surface area contributed by atoms with Crippen molar-refractivity contribution in [1.29, 1.82) is 0 Å². The van der Waals surface area contributed by atoms with E-state index in [2.05, 4.69) is 31.2 Å². The Labute approximate surface area is 127 Å². The minimum atomic E-state index is -1.00. The summed E-state index contributed by atoms with van der Waals surface area (Å²) in [5.41, 5.74) is 0.542. The van der Waals surface area contributed by atoms with Crippen molar-refractivity contribution < 1.29 is 8.78 Å². The fourth-order valence-electron chi connectivity index (χ4n) is 1.97. The maximum atomic E-state index is 13.6. The fourth-order valence-corrected chi connectivity index (χ4v) is 2.48. The van der Waals surface area contributed by atoms with E-state index in [9.17, 15) is 13.6 Å². The Hall–Kier alpha value is -1.60. The summed E-state index contributed by atoms with van der Waals surface area (Å²) in [4.78, 5) is 18.5. The van der Waals surface area contributed by atoms with Gasteiger partial charge in [0.15, 0.2) is 11.6 Å². The van der Waals surface area contributed by atoms with Crippen LogP contribution in [0.3, 0.4) is 0 Å². The molecule has 0 atom stereocenters. The normalized spacial score (nSPS) is 14.4. The molecule has 4 nitrogen and oxygen atoms in total.